The Hall–Kier alpha value is -2.02. The van der Waals surface area contributed by atoms with E-state index >= 15 is 0 Å². The molecule has 0 spiro atoms. The van der Waals surface area contributed by atoms with Gasteiger partial charge in [-0.15, -0.1) is 0 Å². The molecule has 0 saturated carbocycles. The first-order chi connectivity index (χ1) is 8.43. The minimum Gasteiger partial charge on any atom is -0.381 e. The third kappa shape index (κ3) is 2.04. The lowest BCUT2D eigenvalue weighted by Gasteiger charge is -2.18. The van der Waals surface area contributed by atoms with E-state index in [1.54, 1.807) is 31.3 Å². The van der Waals surface area contributed by atoms with Crippen molar-refractivity contribution in [2.45, 2.75) is 4.90 Å². The lowest BCUT2D eigenvalue weighted by molar-refractivity contribution is 0.594. The number of aryl methyl sites for hydroxylation is 1. The lowest BCUT2D eigenvalue weighted by atomic mass is 10.3. The van der Waals surface area contributed by atoms with E-state index in [9.17, 15) is 8.42 Å². The molecule has 96 valence electrons. The van der Waals surface area contributed by atoms with Gasteiger partial charge >= 0.3 is 0 Å². The van der Waals surface area contributed by atoms with Gasteiger partial charge in [-0.1, -0.05) is 18.2 Å². The monoisotopic (exact) mass is 266 g/mol. The molecular formula is C11H14N4O2S. The Morgan fingerprint density at radius 1 is 1.28 bits per heavy atom. The number of hydrogen-bond donors (Lipinski definition) is 1. The van der Waals surface area contributed by atoms with Crippen LogP contribution in [-0.2, 0) is 17.1 Å². The van der Waals surface area contributed by atoms with Crippen LogP contribution in [0.5, 0.6) is 0 Å². The molecule has 0 fully saturated rings. The molecule has 2 rings (SSSR count). The van der Waals surface area contributed by atoms with Crippen molar-refractivity contribution in [1.29, 1.82) is 0 Å². The number of aromatic nitrogens is 2. The molecule has 0 saturated heterocycles. The molecule has 0 aliphatic carbocycles. The number of nitrogens with two attached hydrogens (primary N) is 1. The smallest absolute Gasteiger partial charge is 0.269 e. The van der Waals surface area contributed by atoms with Crippen LogP contribution in [0.25, 0.3) is 0 Å². The fourth-order valence-corrected chi connectivity index (χ4v) is 2.89. The molecule has 0 aliphatic heterocycles. The van der Waals surface area contributed by atoms with E-state index in [2.05, 4.69) is 5.10 Å². The molecule has 18 heavy (non-hydrogen) atoms. The molecule has 0 aliphatic rings. The van der Waals surface area contributed by atoms with E-state index in [0.717, 1.165) is 0 Å². The van der Waals surface area contributed by atoms with Gasteiger partial charge in [-0.3, -0.25) is 8.99 Å². The molecule has 2 N–H and O–H groups in total. The predicted octanol–water partition coefficient (Wildman–Crippen LogP) is 0.827. The number of nitrogen functional groups attached to an aromatic ring is 1. The molecule has 0 bridgehead atoms. The molecule has 0 amide bonds. The number of anilines is 2. The summed E-state index contributed by atoms with van der Waals surface area (Å²) in [6.07, 6.45) is 1.39. The van der Waals surface area contributed by atoms with Crippen molar-refractivity contribution in [1.82, 2.24) is 9.78 Å². The van der Waals surface area contributed by atoms with Gasteiger partial charge in [-0.05, 0) is 12.1 Å². The fourth-order valence-electron chi connectivity index (χ4n) is 1.61. The van der Waals surface area contributed by atoms with Crippen molar-refractivity contribution in [3.05, 3.63) is 36.5 Å². The van der Waals surface area contributed by atoms with Crippen LogP contribution in [0.15, 0.2) is 41.4 Å². The quantitative estimate of drug-likeness (QED) is 0.892. The third-order valence-corrected chi connectivity index (χ3v) is 4.38. The molecule has 0 unspecified atom stereocenters. The van der Waals surface area contributed by atoms with Gasteiger partial charge in [-0.2, -0.15) is 5.10 Å². The third-order valence-electron chi connectivity index (χ3n) is 2.58. The van der Waals surface area contributed by atoms with Gasteiger partial charge < -0.3 is 5.73 Å². The maximum absolute atomic E-state index is 12.4. The average Bonchev–Trinajstić information content (AvgIpc) is 2.69. The molecule has 6 nitrogen and oxygen atoms in total. The largest absolute Gasteiger partial charge is 0.381 e. The van der Waals surface area contributed by atoms with E-state index in [0.29, 0.717) is 5.69 Å². The predicted molar refractivity (Wildman–Crippen MR) is 69.7 cm³/mol. The minimum absolute atomic E-state index is 0.000260. The summed E-state index contributed by atoms with van der Waals surface area (Å²) in [5, 5.41) is 3.84. The maximum atomic E-state index is 12.4. The molecule has 0 atom stereocenters. The van der Waals surface area contributed by atoms with Crippen LogP contribution in [0.3, 0.4) is 0 Å². The molecule has 1 heterocycles. The molecule has 1 aromatic heterocycles. The number of nitrogens with zero attached hydrogens (tertiary/aromatic N) is 3. The summed E-state index contributed by atoms with van der Waals surface area (Å²) in [5.74, 6) is 0.000260. The number of sulfonamides is 1. The summed E-state index contributed by atoms with van der Waals surface area (Å²) >= 11 is 0. The van der Waals surface area contributed by atoms with Crippen LogP contribution in [0.1, 0.15) is 0 Å². The number of hydrogen-bond acceptors (Lipinski definition) is 4. The minimum atomic E-state index is -3.68. The van der Waals surface area contributed by atoms with E-state index in [1.165, 1.54) is 22.2 Å². The van der Waals surface area contributed by atoms with Crippen LogP contribution in [0.4, 0.5) is 11.5 Å². The zero-order chi connectivity index (χ0) is 13.3. The topological polar surface area (TPSA) is 81.2 Å². The molecular weight excluding hydrogens is 252 g/mol. The van der Waals surface area contributed by atoms with Gasteiger partial charge in [0.25, 0.3) is 10.0 Å². The van der Waals surface area contributed by atoms with Crippen LogP contribution in [0.2, 0.25) is 0 Å². The average molecular weight is 266 g/mol. The highest BCUT2D eigenvalue weighted by molar-refractivity contribution is 7.93. The van der Waals surface area contributed by atoms with Crippen molar-refractivity contribution in [2.24, 2.45) is 7.05 Å². The van der Waals surface area contributed by atoms with E-state index in [1.807, 2.05) is 6.07 Å². The van der Waals surface area contributed by atoms with Gasteiger partial charge in [0.1, 0.15) is 4.90 Å². The van der Waals surface area contributed by atoms with Gasteiger partial charge in [0.15, 0.2) is 5.82 Å². The van der Waals surface area contributed by atoms with Crippen molar-refractivity contribution in [3.63, 3.8) is 0 Å². The zero-order valence-corrected chi connectivity index (χ0v) is 10.9. The van der Waals surface area contributed by atoms with Gasteiger partial charge in [0.05, 0.1) is 5.69 Å². The fraction of sp³-hybridized carbons (Fsp3) is 0.182. The van der Waals surface area contributed by atoms with Crippen molar-refractivity contribution in [3.8, 4) is 0 Å². The first kappa shape index (κ1) is 12.4. The first-order valence-electron chi connectivity index (χ1n) is 5.26. The number of rotatable bonds is 3. The summed E-state index contributed by atoms with van der Waals surface area (Å²) in [5.41, 5.74) is 6.18. The highest BCUT2D eigenvalue weighted by Crippen LogP contribution is 2.24. The van der Waals surface area contributed by atoms with Gasteiger partial charge in [-0.25, -0.2) is 8.42 Å². The van der Waals surface area contributed by atoms with Crippen molar-refractivity contribution >= 4 is 21.5 Å². The normalized spacial score (nSPS) is 11.4. The molecule has 0 radical (unpaired) electrons. The second kappa shape index (κ2) is 4.34. The SMILES string of the molecule is CN(c1ccccc1)S(=O)(=O)c1cn(C)nc1N. The Bertz CT molecular complexity index is 649. The maximum Gasteiger partial charge on any atom is 0.269 e. The zero-order valence-electron chi connectivity index (χ0n) is 10.1. The van der Waals surface area contributed by atoms with Crippen LogP contribution in [0, 0.1) is 0 Å². The molecule has 7 heteroatoms. The summed E-state index contributed by atoms with van der Waals surface area (Å²) in [4.78, 5) is 0.0105. The highest BCUT2D eigenvalue weighted by atomic mass is 32.2. The van der Waals surface area contributed by atoms with E-state index < -0.39 is 10.0 Å². The standard InChI is InChI=1S/C11H14N4O2S/c1-14-8-10(11(12)13-14)18(16,17)15(2)9-6-4-3-5-7-9/h3-8H,1-2H3,(H2,12,13). The van der Waals surface area contributed by atoms with Gasteiger partial charge in [0.2, 0.25) is 0 Å². The Morgan fingerprint density at radius 2 is 1.89 bits per heavy atom. The Morgan fingerprint density at radius 3 is 2.39 bits per heavy atom. The second-order valence-electron chi connectivity index (χ2n) is 3.86. The molecule has 1 aromatic carbocycles. The van der Waals surface area contributed by atoms with E-state index in [-0.39, 0.29) is 10.7 Å². The second-order valence-corrected chi connectivity index (χ2v) is 5.80. The van der Waals surface area contributed by atoms with Crippen molar-refractivity contribution < 1.29 is 8.42 Å². The summed E-state index contributed by atoms with van der Waals surface area (Å²) < 4.78 is 27.3. The van der Waals surface area contributed by atoms with Crippen LogP contribution >= 0.6 is 0 Å². The molecule has 2 aromatic rings. The van der Waals surface area contributed by atoms with Crippen LogP contribution < -0.4 is 10.0 Å². The number of para-hydroxylation sites is 1. The van der Waals surface area contributed by atoms with Crippen LogP contribution in [-0.4, -0.2) is 25.2 Å². The summed E-state index contributed by atoms with van der Waals surface area (Å²) in [6.45, 7) is 0. The first-order valence-corrected chi connectivity index (χ1v) is 6.70. The highest BCUT2D eigenvalue weighted by Gasteiger charge is 2.25. The Labute approximate surface area is 106 Å². The van der Waals surface area contributed by atoms with Gasteiger partial charge in [0, 0.05) is 20.3 Å². The summed E-state index contributed by atoms with van der Waals surface area (Å²) in [7, 11) is -0.571. The Kier molecular flexibility index (Phi) is 3.00. The summed E-state index contributed by atoms with van der Waals surface area (Å²) in [6, 6.07) is 8.79. The Balaban J connectivity index is 2.47. The number of benzene rings is 1. The van der Waals surface area contributed by atoms with E-state index in [4.69, 9.17) is 5.73 Å². The lowest BCUT2D eigenvalue weighted by Crippen LogP contribution is -2.26. The van der Waals surface area contributed by atoms with Crippen molar-refractivity contribution in [2.75, 3.05) is 17.1 Å².